The molecule has 0 nitrogen and oxygen atoms in total. The van der Waals surface area contributed by atoms with Gasteiger partial charge in [0.25, 0.3) is 0 Å². The van der Waals surface area contributed by atoms with Crippen molar-refractivity contribution in [2.24, 2.45) is 0 Å². The van der Waals surface area contributed by atoms with E-state index < -0.39 is 24.2 Å². The second kappa shape index (κ2) is 5.61. The molecule has 0 aromatic heterocycles. The maximum atomic E-state index is 2.54. The summed E-state index contributed by atoms with van der Waals surface area (Å²) in [5.74, 6) is 10.2. The number of hydrogen-bond donors (Lipinski definition) is 0. The Balaban J connectivity index is 3.82. The molecule has 0 aliphatic rings. The van der Waals surface area contributed by atoms with Gasteiger partial charge in [-0.2, -0.15) is 0 Å². The molecule has 0 amide bonds. The van der Waals surface area contributed by atoms with Gasteiger partial charge in [0.1, 0.15) is 0 Å². The zero-order chi connectivity index (χ0) is 9.83. The zero-order valence-electron chi connectivity index (χ0n) is 9.23. The van der Waals surface area contributed by atoms with Gasteiger partial charge in [-0.05, 0) is 0 Å². The normalized spacial score (nSPS) is 13.5. The first kappa shape index (κ1) is 13.8. The number of rotatable bonds is 5. The van der Waals surface area contributed by atoms with Gasteiger partial charge in [-0.15, -0.1) is 0 Å². The molecule has 0 radical (unpaired) electrons. The molecule has 0 atom stereocenters. The summed E-state index contributed by atoms with van der Waals surface area (Å²) in [5, 5.41) is 3.16. The van der Waals surface area contributed by atoms with Gasteiger partial charge in [0, 0.05) is 0 Å². The van der Waals surface area contributed by atoms with Crippen LogP contribution in [0, 0.1) is 0 Å². The predicted molar refractivity (Wildman–Crippen MR) is 71.6 cm³/mol. The quantitative estimate of drug-likeness (QED) is 0.697. The van der Waals surface area contributed by atoms with Crippen LogP contribution in [-0.4, -0.2) is 36.8 Å². The molecule has 0 aromatic carbocycles. The molecule has 0 unspecified atom stereocenters. The molecule has 0 saturated heterocycles. The van der Waals surface area contributed by atoms with Gasteiger partial charge in [-0.1, -0.05) is 0 Å². The second-order valence-corrected chi connectivity index (χ2v) is 38.7. The van der Waals surface area contributed by atoms with Crippen LogP contribution in [0.3, 0.4) is 0 Å². The minimum absolute atomic E-state index is 1.33. The van der Waals surface area contributed by atoms with Crippen LogP contribution in [0.2, 0.25) is 33.5 Å². The summed E-state index contributed by atoms with van der Waals surface area (Å²) >= 11 is -2.65. The summed E-state index contributed by atoms with van der Waals surface area (Å²) in [7, 11) is 4.37. The van der Waals surface area contributed by atoms with Crippen molar-refractivity contribution in [2.45, 2.75) is 33.5 Å². The fraction of sp³-hybridized carbons (Fsp3) is 1.00. The van der Waals surface area contributed by atoms with E-state index in [1.165, 1.54) is 0 Å². The van der Waals surface area contributed by atoms with Gasteiger partial charge in [-0.3, -0.25) is 0 Å². The summed E-state index contributed by atoms with van der Waals surface area (Å²) in [6.07, 6.45) is 4.61. The third kappa shape index (κ3) is 6.27. The topological polar surface area (TPSA) is 0 Å². The summed E-state index contributed by atoms with van der Waals surface area (Å²) in [6.45, 7) is 0. The van der Waals surface area contributed by atoms with E-state index in [-0.39, 0.29) is 0 Å². The third-order valence-electron chi connectivity index (χ3n) is 2.43. The van der Waals surface area contributed by atoms with Crippen LogP contribution >= 0.6 is 20.2 Å². The summed E-state index contributed by atoms with van der Waals surface area (Å²) in [5.41, 5.74) is 0. The van der Waals surface area contributed by atoms with Crippen molar-refractivity contribution >= 4 is 44.4 Å². The van der Waals surface area contributed by atoms with Gasteiger partial charge >= 0.3 is 90.5 Å². The molecule has 74 valence electrons. The van der Waals surface area contributed by atoms with Crippen molar-refractivity contribution in [2.75, 3.05) is 12.5 Å². The summed E-state index contributed by atoms with van der Waals surface area (Å²) < 4.78 is 0. The van der Waals surface area contributed by atoms with E-state index in [2.05, 4.69) is 55.7 Å². The van der Waals surface area contributed by atoms with E-state index in [0.717, 1.165) is 0 Å². The zero-order valence-corrected chi connectivity index (χ0v) is 15.1. The molecule has 12 heavy (non-hydrogen) atoms. The summed E-state index contributed by atoms with van der Waals surface area (Å²) in [4.78, 5) is 0. The number of hydrogen-bond acceptors (Lipinski definition) is 2. The van der Waals surface area contributed by atoms with Crippen LogP contribution in [-0.2, 0) is 0 Å². The van der Waals surface area contributed by atoms with E-state index in [9.17, 15) is 0 Å². The first-order valence-electron chi connectivity index (χ1n) is 4.43. The van der Waals surface area contributed by atoms with E-state index in [1.807, 2.05) is 0 Å². The van der Waals surface area contributed by atoms with Gasteiger partial charge in [0.15, 0.2) is 0 Å². The van der Waals surface area contributed by atoms with Crippen LogP contribution in [0.25, 0.3) is 0 Å². The summed E-state index contributed by atoms with van der Waals surface area (Å²) in [6, 6.07) is 0. The average Bonchev–Trinajstić information content (AvgIpc) is 2.02. The Morgan fingerprint density at radius 1 is 0.750 bits per heavy atom. The maximum absolute atomic E-state index is 2.54. The Bertz CT molecular complexity index is 119. The van der Waals surface area contributed by atoms with Crippen molar-refractivity contribution in [1.82, 2.24) is 0 Å². The molecule has 0 rings (SSSR count). The molecule has 0 fully saturated rings. The van der Waals surface area contributed by atoms with Crippen LogP contribution in [0.15, 0.2) is 0 Å². The molecule has 0 aliphatic carbocycles. The molecule has 4 heteroatoms. The molecule has 0 bridgehead atoms. The molecule has 0 N–H and O–H groups in total. The van der Waals surface area contributed by atoms with E-state index in [4.69, 9.17) is 0 Å². The van der Waals surface area contributed by atoms with Crippen LogP contribution in [0.5, 0.6) is 0 Å². The SMILES string of the molecule is C[S][Ge]([CH3])([CH3])[CH2][CH2][Ge]([CH3])([CH3])[S]C. The molecular formula is C8H22Ge2S2. The molecule has 0 aliphatic heterocycles. The monoisotopic (exact) mass is 330 g/mol. The Morgan fingerprint density at radius 3 is 1.17 bits per heavy atom. The van der Waals surface area contributed by atoms with Gasteiger partial charge in [0.2, 0.25) is 0 Å². The third-order valence-corrected chi connectivity index (χ3v) is 29.0. The average molecular weight is 328 g/mol. The molecule has 0 spiro atoms. The van der Waals surface area contributed by atoms with E-state index in [0.29, 0.717) is 0 Å². The Kier molecular flexibility index (Phi) is 6.45. The minimum atomic E-state index is -1.33. The Labute approximate surface area is 89.8 Å². The van der Waals surface area contributed by atoms with Crippen molar-refractivity contribution in [3.8, 4) is 0 Å². The van der Waals surface area contributed by atoms with Gasteiger partial charge < -0.3 is 0 Å². The van der Waals surface area contributed by atoms with Crippen LogP contribution in [0.4, 0.5) is 0 Å². The van der Waals surface area contributed by atoms with Crippen LogP contribution < -0.4 is 0 Å². The Hall–Kier alpha value is 1.79. The van der Waals surface area contributed by atoms with E-state index in [1.54, 1.807) is 10.5 Å². The Morgan fingerprint density at radius 2 is 1.00 bits per heavy atom. The molecule has 0 heterocycles. The van der Waals surface area contributed by atoms with Crippen molar-refractivity contribution in [3.63, 3.8) is 0 Å². The predicted octanol–water partition coefficient (Wildman–Crippen LogP) is 4.12. The first-order chi connectivity index (χ1) is 5.33. The van der Waals surface area contributed by atoms with Gasteiger partial charge in [-0.25, -0.2) is 0 Å². The molecule has 0 aromatic rings. The van der Waals surface area contributed by atoms with Gasteiger partial charge in [0.05, 0.1) is 0 Å². The molecule has 0 saturated carbocycles. The van der Waals surface area contributed by atoms with E-state index >= 15 is 0 Å². The fourth-order valence-electron chi connectivity index (χ4n) is 0.806. The standard InChI is InChI=1S/C8H22Ge2S2/c1-9(2,11-5)7-8-10(3,4)12-6/h7-8H2,1-6H3. The second-order valence-electron chi connectivity index (χ2n) is 4.43. The molecular weight excluding hydrogens is 305 g/mol. The fourth-order valence-corrected chi connectivity index (χ4v) is 24.9. The van der Waals surface area contributed by atoms with Crippen molar-refractivity contribution in [1.29, 1.82) is 0 Å². The first-order valence-corrected chi connectivity index (χ1v) is 23.4. The van der Waals surface area contributed by atoms with Crippen molar-refractivity contribution in [3.05, 3.63) is 0 Å². The van der Waals surface area contributed by atoms with Crippen molar-refractivity contribution < 1.29 is 0 Å². The van der Waals surface area contributed by atoms with Crippen LogP contribution in [0.1, 0.15) is 0 Å².